The minimum absolute atomic E-state index is 0.0540. The van der Waals surface area contributed by atoms with Gasteiger partial charge in [-0.05, 0) is 55.4 Å². The Kier molecular flexibility index (Phi) is 10.4. The summed E-state index contributed by atoms with van der Waals surface area (Å²) in [6.07, 6.45) is 3.27. The summed E-state index contributed by atoms with van der Waals surface area (Å²) < 4.78 is 5.25. The van der Waals surface area contributed by atoms with Gasteiger partial charge in [-0.15, -0.1) is 0 Å². The predicted molar refractivity (Wildman–Crippen MR) is 144 cm³/mol. The summed E-state index contributed by atoms with van der Waals surface area (Å²) in [4.78, 5) is 17.1. The monoisotopic (exact) mass is 501 g/mol. The van der Waals surface area contributed by atoms with Gasteiger partial charge in [-0.1, -0.05) is 48.9 Å². The zero-order chi connectivity index (χ0) is 25.4. The largest absolute Gasteiger partial charge is 0.391 e. The lowest BCUT2D eigenvalue weighted by molar-refractivity contribution is -0.134. The first-order valence-electron chi connectivity index (χ1n) is 12.7. The van der Waals surface area contributed by atoms with E-state index >= 15 is 0 Å². The summed E-state index contributed by atoms with van der Waals surface area (Å²) in [5, 5.41) is 10.7. The van der Waals surface area contributed by atoms with Crippen molar-refractivity contribution >= 4 is 23.2 Å². The van der Waals surface area contributed by atoms with Crippen LogP contribution in [-0.4, -0.2) is 68.5 Å². The molecule has 3 N–H and O–H groups in total. The summed E-state index contributed by atoms with van der Waals surface area (Å²) in [6.45, 7) is 4.96. The molecule has 1 amide bonds. The number of aliphatic hydroxyl groups is 1. The number of hydrogen-bond donors (Lipinski definition) is 2. The van der Waals surface area contributed by atoms with E-state index in [1.54, 1.807) is 12.0 Å². The third-order valence-corrected chi connectivity index (χ3v) is 7.31. The van der Waals surface area contributed by atoms with E-state index in [9.17, 15) is 9.90 Å². The number of rotatable bonds is 12. The van der Waals surface area contributed by atoms with Crippen molar-refractivity contribution in [1.82, 2.24) is 4.90 Å². The van der Waals surface area contributed by atoms with E-state index in [0.717, 1.165) is 54.3 Å². The van der Waals surface area contributed by atoms with E-state index in [1.165, 1.54) is 5.56 Å². The number of nitrogens with zero attached hydrogens (tertiary/aromatic N) is 2. The van der Waals surface area contributed by atoms with Crippen LogP contribution >= 0.6 is 11.6 Å². The molecule has 1 fully saturated rings. The first-order valence-corrected chi connectivity index (χ1v) is 13.0. The number of unbranched alkanes of at least 4 members (excludes halogenated alkanes) is 1. The maximum absolute atomic E-state index is 13.0. The zero-order valence-electron chi connectivity index (χ0n) is 21.3. The molecule has 0 spiro atoms. The topological polar surface area (TPSA) is 79.0 Å². The molecule has 0 radical (unpaired) electrons. The van der Waals surface area contributed by atoms with Crippen molar-refractivity contribution in [1.29, 1.82) is 0 Å². The van der Waals surface area contributed by atoms with Crippen molar-refractivity contribution in [2.45, 2.75) is 51.2 Å². The van der Waals surface area contributed by atoms with Gasteiger partial charge >= 0.3 is 0 Å². The third-order valence-electron chi connectivity index (χ3n) is 6.99. The van der Waals surface area contributed by atoms with Gasteiger partial charge in [0.1, 0.15) is 0 Å². The summed E-state index contributed by atoms with van der Waals surface area (Å²) in [6, 6.07) is 14.3. The van der Waals surface area contributed by atoms with E-state index in [0.29, 0.717) is 25.9 Å². The maximum atomic E-state index is 13.0. The molecule has 3 rings (SSSR count). The van der Waals surface area contributed by atoms with Gasteiger partial charge in [0.25, 0.3) is 0 Å². The number of aryl methyl sites for hydroxylation is 1. The van der Waals surface area contributed by atoms with Gasteiger partial charge in [0.15, 0.2) is 0 Å². The summed E-state index contributed by atoms with van der Waals surface area (Å²) in [5.74, 6) is -0.156. The molecular formula is C28H40ClN3O3. The number of likely N-dealkylation sites (N-methyl/N-ethyl adjacent to an activating group) is 1. The van der Waals surface area contributed by atoms with E-state index in [1.807, 2.05) is 19.2 Å². The molecule has 7 heteroatoms. The van der Waals surface area contributed by atoms with Gasteiger partial charge < -0.3 is 25.4 Å². The van der Waals surface area contributed by atoms with E-state index in [4.69, 9.17) is 22.1 Å². The van der Waals surface area contributed by atoms with E-state index in [-0.39, 0.29) is 17.9 Å². The Hall–Kier alpha value is -2.12. The Morgan fingerprint density at radius 1 is 1.14 bits per heavy atom. The van der Waals surface area contributed by atoms with E-state index < -0.39 is 6.10 Å². The van der Waals surface area contributed by atoms with Gasteiger partial charge in [0.2, 0.25) is 5.91 Å². The molecule has 0 aromatic heterocycles. The van der Waals surface area contributed by atoms with Crippen LogP contribution in [0.4, 0.5) is 5.69 Å². The van der Waals surface area contributed by atoms with Crippen LogP contribution in [0.3, 0.4) is 0 Å². The minimum Gasteiger partial charge on any atom is -0.391 e. The molecule has 0 bridgehead atoms. The fraction of sp³-hybridized carbons (Fsp3) is 0.536. The number of ether oxygens (including phenoxy) is 1. The van der Waals surface area contributed by atoms with Gasteiger partial charge in [0.05, 0.1) is 11.1 Å². The van der Waals surface area contributed by atoms with Crippen LogP contribution in [0.1, 0.15) is 38.2 Å². The van der Waals surface area contributed by atoms with Crippen molar-refractivity contribution in [3.63, 3.8) is 0 Å². The Labute approximate surface area is 215 Å². The highest BCUT2D eigenvalue weighted by Gasteiger charge is 2.36. The van der Waals surface area contributed by atoms with Crippen molar-refractivity contribution < 1.29 is 14.6 Å². The number of hydrogen-bond acceptors (Lipinski definition) is 5. The molecule has 1 aliphatic rings. The summed E-state index contributed by atoms with van der Waals surface area (Å²) in [5.41, 5.74) is 10.4. The van der Waals surface area contributed by atoms with Gasteiger partial charge in [-0.25, -0.2) is 0 Å². The Balaban J connectivity index is 1.82. The third kappa shape index (κ3) is 7.20. The second-order valence-corrected chi connectivity index (χ2v) is 9.94. The highest BCUT2D eigenvalue weighted by Crippen LogP contribution is 2.37. The smallest absolute Gasteiger partial charge is 0.225 e. The molecule has 0 unspecified atom stereocenters. The number of carbonyl (C=O) groups excluding carboxylic acids is 1. The molecule has 0 aliphatic heterocycles. The van der Waals surface area contributed by atoms with Crippen molar-refractivity contribution in [2.75, 3.05) is 45.3 Å². The number of halogens is 1. The van der Waals surface area contributed by atoms with E-state index in [2.05, 4.69) is 42.2 Å². The van der Waals surface area contributed by atoms with Gasteiger partial charge in [-0.2, -0.15) is 0 Å². The van der Waals surface area contributed by atoms with Crippen LogP contribution in [-0.2, 0) is 16.0 Å². The molecule has 0 saturated heterocycles. The summed E-state index contributed by atoms with van der Waals surface area (Å²) >= 11 is 6.77. The first-order chi connectivity index (χ1) is 16.8. The van der Waals surface area contributed by atoms with Crippen LogP contribution in [0.25, 0.3) is 11.1 Å². The Morgan fingerprint density at radius 3 is 2.60 bits per heavy atom. The average molecular weight is 502 g/mol. The number of aliphatic hydroxyl groups excluding tert-OH is 1. The molecule has 3 atom stereocenters. The van der Waals surface area contributed by atoms with Gasteiger partial charge in [0, 0.05) is 63.6 Å². The Bertz CT molecular complexity index is 960. The van der Waals surface area contributed by atoms with Crippen LogP contribution in [0, 0.1) is 5.92 Å². The fourth-order valence-corrected chi connectivity index (χ4v) is 5.13. The highest BCUT2D eigenvalue weighted by atomic mass is 35.5. The van der Waals surface area contributed by atoms with Crippen molar-refractivity contribution in [2.24, 2.45) is 11.7 Å². The molecule has 1 saturated carbocycles. The molecule has 6 nitrogen and oxygen atoms in total. The highest BCUT2D eigenvalue weighted by molar-refractivity contribution is 6.34. The molecule has 0 heterocycles. The molecule has 192 valence electrons. The lowest BCUT2D eigenvalue weighted by atomic mass is 9.99. The first kappa shape index (κ1) is 27.5. The Morgan fingerprint density at radius 2 is 1.91 bits per heavy atom. The maximum Gasteiger partial charge on any atom is 0.225 e. The molecule has 2 aromatic carbocycles. The molecule has 1 aliphatic carbocycles. The number of amides is 1. The van der Waals surface area contributed by atoms with Crippen molar-refractivity contribution in [3.8, 4) is 11.1 Å². The fourth-order valence-electron chi connectivity index (χ4n) is 4.85. The quantitative estimate of drug-likeness (QED) is 0.422. The zero-order valence-corrected chi connectivity index (χ0v) is 22.0. The van der Waals surface area contributed by atoms with Crippen LogP contribution < -0.4 is 10.6 Å². The van der Waals surface area contributed by atoms with Gasteiger partial charge in [-0.3, -0.25) is 4.79 Å². The van der Waals surface area contributed by atoms with Crippen LogP contribution in [0.5, 0.6) is 0 Å². The number of nitrogens with two attached hydrogens (primary N) is 1. The molecule has 35 heavy (non-hydrogen) atoms. The SMILES string of the molecule is CCc1cccc(-c2c(Cl)cccc2N(CCCCOC)CCN(C)C(=O)[C@H]2C[C@@H](N)[C@@H](O)C2)c1. The lowest BCUT2D eigenvalue weighted by Crippen LogP contribution is -2.39. The summed E-state index contributed by atoms with van der Waals surface area (Å²) in [7, 11) is 3.56. The number of methoxy groups -OCH3 is 1. The lowest BCUT2D eigenvalue weighted by Gasteiger charge is -2.31. The predicted octanol–water partition coefficient (Wildman–Crippen LogP) is 4.36. The molecule has 2 aromatic rings. The average Bonchev–Trinajstić information content (AvgIpc) is 3.20. The van der Waals surface area contributed by atoms with Crippen LogP contribution in [0.15, 0.2) is 42.5 Å². The van der Waals surface area contributed by atoms with Crippen molar-refractivity contribution in [3.05, 3.63) is 53.1 Å². The number of carbonyl (C=O) groups is 1. The minimum atomic E-state index is -0.595. The number of benzene rings is 2. The second-order valence-electron chi connectivity index (χ2n) is 9.53. The normalized spacial score (nSPS) is 19.7. The second kappa shape index (κ2) is 13.3. The number of anilines is 1. The molecular weight excluding hydrogens is 462 g/mol. The van der Waals surface area contributed by atoms with Crippen LogP contribution in [0.2, 0.25) is 5.02 Å². The standard InChI is InChI=1S/C28H40ClN3O3/c1-4-20-9-7-10-21(17-20)27-23(29)11-8-12-25(27)32(13-5-6-16-35-3)15-14-31(2)28(34)22-18-24(30)26(33)19-22/h7-12,17,22,24,26,33H,4-6,13-16,18-19,30H2,1-3H3/t22-,24+,26-/m0/s1.